The molecule has 0 bridgehead atoms. The average molecular weight is 1730 g/mol. The number of aromatic hydroxyl groups is 1. The maximum atomic E-state index is 15.2. The number of alkyl carbamates (subject to hydrolysis) is 2. The maximum absolute atomic E-state index is 15.2. The van der Waals surface area contributed by atoms with Crippen molar-refractivity contribution in [2.75, 3.05) is 41.2 Å². The minimum Gasteiger partial charge on any atom is -0.505 e. The monoisotopic (exact) mass is 1730 g/mol. The molecule has 3 aromatic heterocycles. The van der Waals surface area contributed by atoms with E-state index >= 15 is 8.78 Å². The predicted molar refractivity (Wildman–Crippen MR) is 433 cm³/mol. The number of ether oxygens (including phenoxy) is 10. The summed E-state index contributed by atoms with van der Waals surface area (Å²) in [5, 5.41) is 17.7. The first-order valence-electron chi connectivity index (χ1n) is 36.4. The summed E-state index contributed by atoms with van der Waals surface area (Å²) in [4.78, 5) is 37.8. The first-order valence-corrected chi connectivity index (χ1v) is 36.7. The number of methoxy groups -OCH3 is 3. The summed E-state index contributed by atoms with van der Waals surface area (Å²) in [6.45, 7) is 7.36. The van der Waals surface area contributed by atoms with Crippen LogP contribution in [0.3, 0.4) is 0 Å². The zero-order valence-corrected chi connectivity index (χ0v) is 69.7. The number of pyridine rings is 3. The number of hydrogen-bond acceptors (Lipinski definition) is 17. The average Bonchev–Trinajstić information content (AvgIpc) is 0.839. The van der Waals surface area contributed by atoms with Gasteiger partial charge in [0.05, 0.1) is 59.5 Å². The number of amides is 2. The molecule has 11 aromatic rings. The molecule has 2 amide bonds. The van der Waals surface area contributed by atoms with Crippen LogP contribution in [0.1, 0.15) is 119 Å². The van der Waals surface area contributed by atoms with Crippen LogP contribution in [0.15, 0.2) is 187 Å². The van der Waals surface area contributed by atoms with Gasteiger partial charge in [-0.2, -0.15) is 0 Å². The molecule has 19 nitrogen and oxygen atoms in total. The van der Waals surface area contributed by atoms with Gasteiger partial charge < -0.3 is 68.8 Å². The maximum Gasteiger partial charge on any atom is 0.408 e. The molecular weight excluding hydrogens is 1640 g/mol. The standard InChI is InChI=1S/C32H29FN2O5.C24H23FN2O3.C22H21ClN2O4.C10H9FO.2CH4.2Y/c1-20-14-22-8-9-27(30(33)23(22)15-20)40-26-10-13-34-25-17-29(28(37-2)16-24(25)26)39-19-32(11-12-32)35-31(36)38-18-21-6-4-3-5-7-21;1-14-9-15-3-4-20(23(25)16(15)10-14)30-19-5-8-27-18-12-22(21(28-2)11-17(18)19)29-13-24(26)6-7-24;1-27-19-11-16-17(23)7-10-24-18(16)12-20(19)29-14-22(8-9-22)25-21(26)28-13-15-5-3-2-4-6-15;1-6-4-7-2-3-9(12)10(11)8(7)5-6;;;;/h3-10,13,15-17H,11-12,14,18-19H2,1-2H3,(H,35,36);3-5,8,10-12H,6-7,9,13,26H2,1-2H3;2-7,10-12H,8-9,13-14H2,1H3,(H,25,26);2-3,5,12H,4H2,1H3;2*1H4;;. The van der Waals surface area contributed by atoms with E-state index in [9.17, 15) is 14.0 Å². The minimum absolute atomic E-state index is 0. The summed E-state index contributed by atoms with van der Waals surface area (Å²) >= 11 is 6.23. The van der Waals surface area contributed by atoms with E-state index in [0.29, 0.717) is 108 Å². The number of nitrogens with one attached hydrogen (secondary N) is 2. The van der Waals surface area contributed by atoms with E-state index in [1.807, 2.05) is 106 Å². The number of nitrogens with two attached hydrogens (primary N) is 1. The van der Waals surface area contributed by atoms with Gasteiger partial charge in [0.25, 0.3) is 0 Å². The van der Waals surface area contributed by atoms with Gasteiger partial charge in [-0.25, -0.2) is 22.8 Å². The quantitative estimate of drug-likeness (QED) is 0.0494. The number of benzene rings is 8. The number of fused-ring (bicyclic) bond motifs is 6. The topological polar surface area (TPSA) is 235 Å². The molecule has 6 aliphatic carbocycles. The minimum atomic E-state index is -0.496. The molecule has 0 unspecified atom stereocenters. The number of hydrogen-bond donors (Lipinski definition) is 4. The van der Waals surface area contributed by atoms with E-state index in [4.69, 9.17) is 69.8 Å². The molecule has 17 rings (SSSR count). The van der Waals surface area contributed by atoms with Gasteiger partial charge in [0, 0.05) is 135 Å². The molecule has 0 atom stereocenters. The number of halogens is 4. The van der Waals surface area contributed by atoms with Crippen molar-refractivity contribution in [1.29, 1.82) is 0 Å². The van der Waals surface area contributed by atoms with E-state index in [1.165, 1.54) is 6.07 Å². The van der Waals surface area contributed by atoms with Gasteiger partial charge in [0.1, 0.15) is 44.5 Å². The molecule has 3 saturated carbocycles. The van der Waals surface area contributed by atoms with Crippen molar-refractivity contribution in [3.8, 4) is 63.2 Å². The molecule has 0 spiro atoms. The smallest absolute Gasteiger partial charge is 0.408 e. The normalized spacial score (nSPS) is 14.4. The molecule has 8 aromatic carbocycles. The van der Waals surface area contributed by atoms with E-state index < -0.39 is 29.1 Å². The van der Waals surface area contributed by atoms with Gasteiger partial charge in [-0.15, -0.1) is 0 Å². The van der Waals surface area contributed by atoms with Crippen LogP contribution in [0.25, 0.3) is 50.9 Å². The Morgan fingerprint density at radius 2 is 0.817 bits per heavy atom. The molecule has 6 aliphatic rings. The van der Waals surface area contributed by atoms with E-state index in [-0.39, 0.29) is 135 Å². The Labute approximate surface area is 722 Å². The summed E-state index contributed by atoms with van der Waals surface area (Å²) in [6.07, 6.45) is 16.9. The van der Waals surface area contributed by atoms with Crippen molar-refractivity contribution in [1.82, 2.24) is 25.6 Å². The number of phenolic OH excluding ortho intramolecular Hbond substituents is 1. The molecule has 3 heterocycles. The van der Waals surface area contributed by atoms with Crippen molar-refractivity contribution in [2.45, 2.75) is 123 Å². The van der Waals surface area contributed by atoms with Crippen molar-refractivity contribution < 1.29 is 141 Å². The Morgan fingerprint density at radius 3 is 1.21 bits per heavy atom. The van der Waals surface area contributed by atoms with E-state index in [0.717, 1.165) is 108 Å². The van der Waals surface area contributed by atoms with Gasteiger partial charge >= 0.3 is 12.2 Å². The molecule has 115 heavy (non-hydrogen) atoms. The van der Waals surface area contributed by atoms with Crippen LogP contribution < -0.4 is 54.3 Å². The van der Waals surface area contributed by atoms with Gasteiger partial charge in [-0.1, -0.05) is 140 Å². The number of aromatic nitrogens is 3. The van der Waals surface area contributed by atoms with Gasteiger partial charge in [0.2, 0.25) is 0 Å². The summed E-state index contributed by atoms with van der Waals surface area (Å²) in [5.74, 6) is 3.01. The summed E-state index contributed by atoms with van der Waals surface area (Å²) in [7, 11) is 4.70. The fourth-order valence-corrected chi connectivity index (χ4v) is 13.4. The Kier molecular flexibility index (Phi) is 29.2. The zero-order valence-electron chi connectivity index (χ0n) is 63.2. The number of phenols is 1. The largest absolute Gasteiger partial charge is 0.505 e. The van der Waals surface area contributed by atoms with Crippen LogP contribution in [0, 0.1) is 17.5 Å². The second-order valence-electron chi connectivity index (χ2n) is 28.7. The number of carbonyl (C=O) groups excluding carboxylic acids is 2. The Morgan fingerprint density at radius 1 is 0.452 bits per heavy atom. The van der Waals surface area contributed by atoms with Crippen LogP contribution in [0.5, 0.6) is 63.2 Å². The van der Waals surface area contributed by atoms with E-state index in [2.05, 4.69) is 25.6 Å². The third-order valence-electron chi connectivity index (χ3n) is 20.0. The molecule has 5 N–H and O–H groups in total. The first kappa shape index (κ1) is 87.6. The number of nitrogens with zero attached hydrogens (tertiary/aromatic N) is 3. The van der Waals surface area contributed by atoms with Gasteiger partial charge in [-0.05, 0) is 161 Å². The number of allylic oxidation sites excluding steroid dienone is 3. The van der Waals surface area contributed by atoms with Crippen molar-refractivity contribution in [3.63, 3.8) is 0 Å². The first-order chi connectivity index (χ1) is 53.6. The van der Waals surface area contributed by atoms with Crippen LogP contribution >= 0.6 is 11.6 Å². The van der Waals surface area contributed by atoms with Crippen LogP contribution in [0.4, 0.5) is 22.8 Å². The molecule has 0 saturated heterocycles. The molecule has 592 valence electrons. The molecule has 0 aliphatic heterocycles. The third-order valence-corrected chi connectivity index (χ3v) is 20.3. The second kappa shape index (κ2) is 38.3. The SMILES string of the molecule is C.C.CC1=Cc2c(ccc(O)c2F)C1.COc1cc2c(Cl)ccnc2cc1OCC1(NC(=O)OCc2ccccc2)CC1.COc1cc2c(Oc3ccc4c(c3F)C=C(C)C4)ccnc2cc1OCC1(N)CC1.COc1cc2c(Oc3ccc4c(c3F)C=C(C)C4)ccnc2cc1OCC1(NC(=O)OCc2ccccc2)CC1.[Y].[Y]. The fraction of sp³-hybridized carbons (Fsp3) is 0.278. The summed E-state index contributed by atoms with van der Waals surface area (Å²) in [5.41, 5.74) is 16.8. The van der Waals surface area contributed by atoms with Crippen LogP contribution in [-0.4, -0.2) is 90.0 Å². The Bertz CT molecular complexity index is 5480. The summed E-state index contributed by atoms with van der Waals surface area (Å²) in [6, 6.07) is 45.3. The van der Waals surface area contributed by atoms with Crippen LogP contribution in [0.2, 0.25) is 5.02 Å². The molecular formula is C90H90ClF3N6O13Y2. The number of rotatable bonds is 22. The van der Waals surface area contributed by atoms with Crippen molar-refractivity contribution >= 4 is 74.7 Å². The Hall–Kier alpha value is -9.80. The van der Waals surface area contributed by atoms with Crippen molar-refractivity contribution in [3.05, 3.63) is 254 Å². The third kappa shape index (κ3) is 21.3. The number of carbonyl (C=O) groups is 2. The van der Waals surface area contributed by atoms with Gasteiger partial charge in [0.15, 0.2) is 69.2 Å². The predicted octanol–water partition coefficient (Wildman–Crippen LogP) is 20.5. The zero-order chi connectivity index (χ0) is 77.6. The molecule has 3 fully saturated rings. The molecule has 25 heteroatoms. The Balaban J connectivity index is 0.000000169. The second-order valence-corrected chi connectivity index (χ2v) is 29.1. The summed E-state index contributed by atoms with van der Waals surface area (Å²) < 4.78 is 101. The van der Waals surface area contributed by atoms with Gasteiger partial charge in [-0.3, -0.25) is 15.0 Å². The molecule has 2 radical (unpaired) electrons. The van der Waals surface area contributed by atoms with Crippen molar-refractivity contribution in [2.24, 2.45) is 5.73 Å². The van der Waals surface area contributed by atoms with E-state index in [1.54, 1.807) is 119 Å². The van der Waals surface area contributed by atoms with Crippen LogP contribution in [-0.2, 0) is 107 Å². The fourth-order valence-electron chi connectivity index (χ4n) is 13.2.